The number of rotatable bonds is 4. The minimum absolute atomic E-state index is 0.495. The van der Waals surface area contributed by atoms with Crippen LogP contribution in [-0.2, 0) is 9.05 Å². The lowest BCUT2D eigenvalue weighted by atomic mass is 10.2. The number of hydrogen-bond acceptors (Lipinski definition) is 2. The molecule has 0 aromatic rings. The standard InChI is InChI=1S/C6H9ClF2O2S/c7-12(10,11)4-3-6(8,9)5-1-2-5/h5H,1-4H2. The monoisotopic (exact) mass is 218 g/mol. The fourth-order valence-electron chi connectivity index (χ4n) is 0.968. The van der Waals surface area contributed by atoms with Crippen LogP contribution in [-0.4, -0.2) is 20.1 Å². The van der Waals surface area contributed by atoms with Gasteiger partial charge in [0.25, 0.3) is 5.92 Å². The van der Waals surface area contributed by atoms with Gasteiger partial charge < -0.3 is 0 Å². The molecule has 0 aromatic carbocycles. The van der Waals surface area contributed by atoms with Gasteiger partial charge in [0.1, 0.15) is 0 Å². The van der Waals surface area contributed by atoms with Gasteiger partial charge in [-0.15, -0.1) is 0 Å². The van der Waals surface area contributed by atoms with Crippen molar-refractivity contribution >= 4 is 19.7 Å². The summed E-state index contributed by atoms with van der Waals surface area (Å²) in [5.74, 6) is -4.10. The van der Waals surface area contributed by atoms with E-state index in [1.165, 1.54) is 0 Å². The van der Waals surface area contributed by atoms with Crippen molar-refractivity contribution in [3.05, 3.63) is 0 Å². The van der Waals surface area contributed by atoms with Gasteiger partial charge in [-0.05, 0) is 12.8 Å². The largest absolute Gasteiger partial charge is 0.251 e. The van der Waals surface area contributed by atoms with Gasteiger partial charge in [0, 0.05) is 23.0 Å². The van der Waals surface area contributed by atoms with Crippen molar-refractivity contribution in [2.75, 3.05) is 5.75 Å². The predicted molar refractivity (Wildman–Crippen MR) is 41.9 cm³/mol. The predicted octanol–water partition coefficient (Wildman–Crippen LogP) is 1.99. The average molecular weight is 219 g/mol. The van der Waals surface area contributed by atoms with Crippen LogP contribution in [0, 0.1) is 5.92 Å². The topological polar surface area (TPSA) is 34.1 Å². The van der Waals surface area contributed by atoms with E-state index in [1.54, 1.807) is 0 Å². The van der Waals surface area contributed by atoms with Gasteiger partial charge in [0.05, 0.1) is 5.75 Å². The van der Waals surface area contributed by atoms with Crippen molar-refractivity contribution in [3.63, 3.8) is 0 Å². The number of hydrogen-bond donors (Lipinski definition) is 0. The Balaban J connectivity index is 2.40. The second kappa shape index (κ2) is 3.10. The molecule has 1 fully saturated rings. The lowest BCUT2D eigenvalue weighted by Crippen LogP contribution is -2.22. The minimum Gasteiger partial charge on any atom is -0.212 e. The van der Waals surface area contributed by atoms with Crippen LogP contribution in [0.3, 0.4) is 0 Å². The van der Waals surface area contributed by atoms with Crippen LogP contribution >= 0.6 is 10.7 Å². The zero-order valence-corrected chi connectivity index (χ0v) is 7.84. The van der Waals surface area contributed by atoms with Gasteiger partial charge in [-0.3, -0.25) is 0 Å². The summed E-state index contributed by atoms with van der Waals surface area (Å²) in [6, 6.07) is 0. The summed E-state index contributed by atoms with van der Waals surface area (Å²) in [7, 11) is 1.03. The van der Waals surface area contributed by atoms with Crippen molar-refractivity contribution in [1.82, 2.24) is 0 Å². The Labute approximate surface area is 74.3 Å². The molecule has 0 bridgehead atoms. The van der Waals surface area contributed by atoms with E-state index in [-0.39, 0.29) is 0 Å². The fourth-order valence-corrected chi connectivity index (χ4v) is 1.72. The Morgan fingerprint density at radius 2 is 1.92 bits per heavy atom. The van der Waals surface area contributed by atoms with Gasteiger partial charge in [0.2, 0.25) is 9.05 Å². The molecular formula is C6H9ClF2O2S. The van der Waals surface area contributed by atoms with E-state index in [0.29, 0.717) is 12.8 Å². The van der Waals surface area contributed by atoms with Crippen molar-refractivity contribution in [3.8, 4) is 0 Å². The molecule has 2 nitrogen and oxygen atoms in total. The SMILES string of the molecule is O=S(=O)(Cl)CCC(F)(F)C1CC1. The van der Waals surface area contributed by atoms with Gasteiger partial charge in [-0.2, -0.15) is 0 Å². The van der Waals surface area contributed by atoms with Gasteiger partial charge >= 0.3 is 0 Å². The van der Waals surface area contributed by atoms with Crippen LogP contribution in [0.25, 0.3) is 0 Å². The first-order valence-electron chi connectivity index (χ1n) is 3.61. The third-order valence-electron chi connectivity index (χ3n) is 1.85. The molecule has 72 valence electrons. The molecule has 0 heterocycles. The van der Waals surface area contributed by atoms with Gasteiger partial charge in [-0.25, -0.2) is 17.2 Å². The Bertz CT molecular complexity index is 259. The summed E-state index contributed by atoms with van der Waals surface area (Å²) in [4.78, 5) is 0. The highest BCUT2D eigenvalue weighted by Crippen LogP contribution is 2.45. The quantitative estimate of drug-likeness (QED) is 0.677. The first kappa shape index (κ1) is 10.2. The third-order valence-corrected chi connectivity index (χ3v) is 3.01. The van der Waals surface area contributed by atoms with E-state index >= 15 is 0 Å². The molecule has 12 heavy (non-hydrogen) atoms. The first-order chi connectivity index (χ1) is 5.31. The molecule has 0 aliphatic heterocycles. The van der Waals surface area contributed by atoms with Crippen LogP contribution in [0.5, 0.6) is 0 Å². The van der Waals surface area contributed by atoms with Crippen LogP contribution in [0.4, 0.5) is 8.78 Å². The molecule has 1 aliphatic rings. The maximum Gasteiger partial charge on any atom is 0.251 e. The zero-order valence-electron chi connectivity index (χ0n) is 6.26. The van der Waals surface area contributed by atoms with Crippen LogP contribution < -0.4 is 0 Å². The van der Waals surface area contributed by atoms with E-state index in [1.807, 2.05) is 0 Å². The van der Waals surface area contributed by atoms with Crippen molar-refractivity contribution in [2.45, 2.75) is 25.2 Å². The van der Waals surface area contributed by atoms with Crippen molar-refractivity contribution in [1.29, 1.82) is 0 Å². The zero-order chi connectivity index (χ0) is 9.41. The second-order valence-corrected chi connectivity index (χ2v) is 5.92. The van der Waals surface area contributed by atoms with E-state index in [2.05, 4.69) is 0 Å². The molecule has 1 rings (SSSR count). The van der Waals surface area contributed by atoms with Gasteiger partial charge in [0.15, 0.2) is 0 Å². The summed E-state index contributed by atoms with van der Waals surface area (Å²) in [5, 5.41) is 0. The Kier molecular flexibility index (Phi) is 2.63. The Hall–Kier alpha value is 0.1000. The van der Waals surface area contributed by atoms with Crippen LogP contribution in [0.15, 0.2) is 0 Å². The summed E-state index contributed by atoms with van der Waals surface area (Å²) in [5.41, 5.74) is 0. The number of alkyl halides is 2. The molecule has 1 aliphatic carbocycles. The van der Waals surface area contributed by atoms with E-state index in [4.69, 9.17) is 10.7 Å². The highest BCUT2D eigenvalue weighted by atomic mass is 35.7. The maximum atomic E-state index is 12.8. The first-order valence-corrected chi connectivity index (χ1v) is 6.09. The Morgan fingerprint density at radius 1 is 1.42 bits per heavy atom. The smallest absolute Gasteiger partial charge is 0.212 e. The molecule has 6 heteroatoms. The van der Waals surface area contributed by atoms with Crippen molar-refractivity contribution < 1.29 is 17.2 Å². The molecule has 0 saturated heterocycles. The molecule has 1 saturated carbocycles. The lowest BCUT2D eigenvalue weighted by Gasteiger charge is -2.13. The minimum atomic E-state index is -3.77. The van der Waals surface area contributed by atoms with E-state index in [9.17, 15) is 17.2 Å². The van der Waals surface area contributed by atoms with Gasteiger partial charge in [-0.1, -0.05) is 0 Å². The molecular weight excluding hydrogens is 210 g/mol. The molecule has 0 radical (unpaired) electrons. The van der Waals surface area contributed by atoms with E-state index in [0.717, 1.165) is 0 Å². The summed E-state index contributed by atoms with van der Waals surface area (Å²) >= 11 is 0. The molecule has 0 unspecified atom stereocenters. The molecule has 0 atom stereocenters. The highest BCUT2D eigenvalue weighted by Gasteiger charge is 2.46. The maximum absolute atomic E-state index is 12.8. The van der Waals surface area contributed by atoms with Crippen LogP contribution in [0.2, 0.25) is 0 Å². The summed E-state index contributed by atoms with van der Waals surface area (Å²) in [6.45, 7) is 0. The van der Waals surface area contributed by atoms with E-state index < -0.39 is 33.1 Å². The second-order valence-electron chi connectivity index (χ2n) is 3.03. The summed E-state index contributed by atoms with van der Waals surface area (Å²) in [6.07, 6.45) is 0.341. The van der Waals surface area contributed by atoms with Crippen LogP contribution in [0.1, 0.15) is 19.3 Å². The lowest BCUT2D eigenvalue weighted by molar-refractivity contribution is -0.0249. The summed E-state index contributed by atoms with van der Waals surface area (Å²) < 4.78 is 46.3. The molecule has 0 N–H and O–H groups in total. The highest BCUT2D eigenvalue weighted by molar-refractivity contribution is 8.13. The molecule has 0 amide bonds. The normalized spacial score (nSPS) is 19.6. The number of halogens is 3. The molecule has 0 spiro atoms. The van der Waals surface area contributed by atoms with Crippen molar-refractivity contribution in [2.24, 2.45) is 5.92 Å². The fraction of sp³-hybridized carbons (Fsp3) is 1.00. The molecule has 0 aromatic heterocycles. The Morgan fingerprint density at radius 3 is 2.25 bits per heavy atom. The third kappa shape index (κ3) is 3.23. The average Bonchev–Trinajstić information content (AvgIpc) is 2.62.